The van der Waals surface area contributed by atoms with Gasteiger partial charge in [0, 0.05) is 30.6 Å². The van der Waals surface area contributed by atoms with Gasteiger partial charge in [0.05, 0.1) is 0 Å². The summed E-state index contributed by atoms with van der Waals surface area (Å²) in [5, 5.41) is 3.62. The number of hydrogen-bond acceptors (Lipinski definition) is 3. The van der Waals surface area contributed by atoms with Gasteiger partial charge in [0.1, 0.15) is 5.75 Å². The van der Waals surface area contributed by atoms with Crippen LogP contribution in [0.5, 0.6) is 5.75 Å². The van der Waals surface area contributed by atoms with Crippen LogP contribution < -0.4 is 10.1 Å². The summed E-state index contributed by atoms with van der Waals surface area (Å²) in [4.78, 5) is 26.5. The van der Waals surface area contributed by atoms with Crippen molar-refractivity contribution in [1.29, 1.82) is 0 Å². The van der Waals surface area contributed by atoms with E-state index < -0.39 is 0 Å². The van der Waals surface area contributed by atoms with Crippen LogP contribution in [-0.4, -0.2) is 42.5 Å². The predicted octanol–water partition coefficient (Wildman–Crippen LogP) is 3.77. The van der Waals surface area contributed by atoms with Crippen LogP contribution in [0.4, 0.5) is 0 Å². The number of carbonyl (C=O) groups excluding carboxylic acids is 2. The highest BCUT2D eigenvalue weighted by Crippen LogP contribution is 2.16. The Morgan fingerprint density at radius 1 is 1.07 bits per heavy atom. The van der Waals surface area contributed by atoms with E-state index in [1.54, 1.807) is 24.3 Å². The van der Waals surface area contributed by atoms with E-state index in [4.69, 9.17) is 16.3 Å². The molecule has 0 aliphatic carbocycles. The summed E-state index contributed by atoms with van der Waals surface area (Å²) >= 11 is 5.83. The number of likely N-dealkylation sites (tertiary alicyclic amines) is 1. The molecule has 0 aromatic heterocycles. The molecule has 2 aromatic rings. The first-order chi connectivity index (χ1) is 14.0. The number of rotatable bonds is 7. The van der Waals surface area contributed by atoms with Gasteiger partial charge in [-0.3, -0.25) is 9.59 Å². The molecule has 1 saturated heterocycles. The molecule has 0 spiro atoms. The first-order valence-electron chi connectivity index (χ1n) is 10.0. The van der Waals surface area contributed by atoms with E-state index in [-0.39, 0.29) is 24.5 Å². The van der Waals surface area contributed by atoms with Crippen LogP contribution >= 0.6 is 11.6 Å². The standard InChI is InChI=1S/C23H27ClN2O3/c1-17-2-4-18(5-3-17)6-11-23(28)26-14-12-20(13-15-26)25-22(27)16-29-21-9-7-19(24)8-10-21/h2-5,7-10,20H,6,11-16H2,1H3,(H,25,27). The molecule has 1 heterocycles. The number of hydrogen-bond donors (Lipinski definition) is 1. The minimum atomic E-state index is -0.149. The number of carbonyl (C=O) groups is 2. The van der Waals surface area contributed by atoms with Crippen LogP contribution in [0.1, 0.15) is 30.4 Å². The molecule has 1 aliphatic heterocycles. The second-order valence-electron chi connectivity index (χ2n) is 7.45. The molecule has 0 saturated carbocycles. The molecule has 3 rings (SSSR count). The highest BCUT2D eigenvalue weighted by molar-refractivity contribution is 6.30. The summed E-state index contributed by atoms with van der Waals surface area (Å²) < 4.78 is 5.47. The number of ether oxygens (including phenoxy) is 1. The summed E-state index contributed by atoms with van der Waals surface area (Å²) in [6, 6.07) is 15.3. The van der Waals surface area contributed by atoms with Crippen molar-refractivity contribution >= 4 is 23.4 Å². The molecule has 6 heteroatoms. The van der Waals surface area contributed by atoms with Crippen molar-refractivity contribution < 1.29 is 14.3 Å². The number of aryl methyl sites for hydroxylation is 2. The highest BCUT2D eigenvalue weighted by Gasteiger charge is 2.23. The molecular formula is C23H27ClN2O3. The third-order valence-corrected chi connectivity index (χ3v) is 5.40. The van der Waals surface area contributed by atoms with Crippen LogP contribution in [0.15, 0.2) is 48.5 Å². The predicted molar refractivity (Wildman–Crippen MR) is 114 cm³/mol. The lowest BCUT2D eigenvalue weighted by Gasteiger charge is -2.32. The Labute approximate surface area is 177 Å². The molecule has 29 heavy (non-hydrogen) atoms. The van der Waals surface area contributed by atoms with Crippen molar-refractivity contribution in [1.82, 2.24) is 10.2 Å². The molecular weight excluding hydrogens is 388 g/mol. The summed E-state index contributed by atoms with van der Waals surface area (Å²) in [6.07, 6.45) is 2.82. The lowest BCUT2D eigenvalue weighted by atomic mass is 10.0. The minimum Gasteiger partial charge on any atom is -0.484 e. The van der Waals surface area contributed by atoms with Gasteiger partial charge >= 0.3 is 0 Å². The van der Waals surface area contributed by atoms with Gasteiger partial charge in [0.25, 0.3) is 5.91 Å². The van der Waals surface area contributed by atoms with Gasteiger partial charge in [0.2, 0.25) is 5.91 Å². The first kappa shape index (κ1) is 21.2. The van der Waals surface area contributed by atoms with Crippen LogP contribution in [0.2, 0.25) is 5.02 Å². The van der Waals surface area contributed by atoms with Crippen molar-refractivity contribution in [2.45, 2.75) is 38.6 Å². The molecule has 1 aliphatic rings. The lowest BCUT2D eigenvalue weighted by molar-refractivity contribution is -0.132. The first-order valence-corrected chi connectivity index (χ1v) is 10.4. The van der Waals surface area contributed by atoms with E-state index in [0.717, 1.165) is 19.3 Å². The topological polar surface area (TPSA) is 58.6 Å². The van der Waals surface area contributed by atoms with Gasteiger partial charge in [-0.05, 0) is 56.0 Å². The van der Waals surface area contributed by atoms with Gasteiger partial charge in [-0.25, -0.2) is 0 Å². The maximum Gasteiger partial charge on any atom is 0.258 e. The SMILES string of the molecule is Cc1ccc(CCC(=O)N2CCC(NC(=O)COc3ccc(Cl)cc3)CC2)cc1. The molecule has 1 N–H and O–H groups in total. The van der Waals surface area contributed by atoms with E-state index in [9.17, 15) is 9.59 Å². The number of halogens is 1. The van der Waals surface area contributed by atoms with E-state index >= 15 is 0 Å². The van der Waals surface area contributed by atoms with Crippen LogP contribution in [0.3, 0.4) is 0 Å². The van der Waals surface area contributed by atoms with Crippen LogP contribution in [0.25, 0.3) is 0 Å². The summed E-state index contributed by atoms with van der Waals surface area (Å²) in [6.45, 7) is 3.38. The Hall–Kier alpha value is -2.53. The molecule has 0 atom stereocenters. The third kappa shape index (κ3) is 6.79. The van der Waals surface area contributed by atoms with Crippen LogP contribution in [-0.2, 0) is 16.0 Å². The zero-order chi connectivity index (χ0) is 20.6. The second-order valence-corrected chi connectivity index (χ2v) is 7.89. The minimum absolute atomic E-state index is 0.0304. The van der Waals surface area contributed by atoms with Crippen molar-refractivity contribution in [2.75, 3.05) is 19.7 Å². The monoisotopic (exact) mass is 414 g/mol. The number of benzene rings is 2. The quantitative estimate of drug-likeness (QED) is 0.750. The Kier molecular flexibility index (Phi) is 7.53. The van der Waals surface area contributed by atoms with Gasteiger partial charge < -0.3 is 15.0 Å². The maximum atomic E-state index is 12.5. The van der Waals surface area contributed by atoms with Gasteiger partial charge in [0.15, 0.2) is 6.61 Å². The Bertz CT molecular complexity index is 813. The second kappa shape index (κ2) is 10.3. The Balaban J connectivity index is 1.34. The molecule has 0 unspecified atom stereocenters. The van der Waals surface area contributed by atoms with Crippen molar-refractivity contribution in [3.05, 3.63) is 64.7 Å². The molecule has 2 amide bonds. The van der Waals surface area contributed by atoms with E-state index in [0.29, 0.717) is 30.3 Å². The van der Waals surface area contributed by atoms with E-state index in [1.165, 1.54) is 11.1 Å². The number of piperidine rings is 1. The van der Waals surface area contributed by atoms with Crippen molar-refractivity contribution in [3.8, 4) is 5.75 Å². The summed E-state index contributed by atoms with van der Waals surface area (Å²) in [5.41, 5.74) is 2.41. The van der Waals surface area contributed by atoms with Crippen molar-refractivity contribution in [2.24, 2.45) is 0 Å². The van der Waals surface area contributed by atoms with Crippen molar-refractivity contribution in [3.63, 3.8) is 0 Å². The zero-order valence-corrected chi connectivity index (χ0v) is 17.5. The summed E-state index contributed by atoms with van der Waals surface area (Å²) in [7, 11) is 0. The average Bonchev–Trinajstić information content (AvgIpc) is 2.73. The van der Waals surface area contributed by atoms with Gasteiger partial charge in [-0.2, -0.15) is 0 Å². The number of nitrogens with one attached hydrogen (secondary N) is 1. The molecule has 154 valence electrons. The third-order valence-electron chi connectivity index (χ3n) is 5.14. The van der Waals surface area contributed by atoms with Crippen LogP contribution in [0, 0.1) is 6.92 Å². The van der Waals surface area contributed by atoms with Gasteiger partial charge in [-0.1, -0.05) is 41.4 Å². The van der Waals surface area contributed by atoms with E-state index in [1.807, 2.05) is 4.90 Å². The fourth-order valence-corrected chi connectivity index (χ4v) is 3.51. The summed E-state index contributed by atoms with van der Waals surface area (Å²) in [5.74, 6) is 0.643. The molecule has 1 fully saturated rings. The average molecular weight is 415 g/mol. The fourth-order valence-electron chi connectivity index (χ4n) is 3.39. The normalized spacial score (nSPS) is 14.5. The Morgan fingerprint density at radius 2 is 1.72 bits per heavy atom. The lowest BCUT2D eigenvalue weighted by Crippen LogP contribution is -2.47. The smallest absolute Gasteiger partial charge is 0.258 e. The largest absolute Gasteiger partial charge is 0.484 e. The highest BCUT2D eigenvalue weighted by atomic mass is 35.5. The molecule has 2 aromatic carbocycles. The fraction of sp³-hybridized carbons (Fsp3) is 0.391. The molecule has 5 nitrogen and oxygen atoms in total. The molecule has 0 radical (unpaired) electrons. The van der Waals surface area contributed by atoms with Gasteiger partial charge in [-0.15, -0.1) is 0 Å². The number of amides is 2. The maximum absolute atomic E-state index is 12.5. The van der Waals surface area contributed by atoms with E-state index in [2.05, 4.69) is 36.5 Å². The zero-order valence-electron chi connectivity index (χ0n) is 16.7. The molecule has 0 bridgehead atoms. The number of nitrogens with zero attached hydrogens (tertiary/aromatic N) is 1. The Morgan fingerprint density at radius 3 is 2.38 bits per heavy atom.